The van der Waals surface area contributed by atoms with Crippen molar-refractivity contribution in [2.45, 2.75) is 70.4 Å². The third-order valence-electron chi connectivity index (χ3n) is 6.61. The van der Waals surface area contributed by atoms with E-state index in [2.05, 4.69) is 44.9 Å². The second-order valence-corrected chi connectivity index (χ2v) is 9.19. The van der Waals surface area contributed by atoms with Gasteiger partial charge in [-0.2, -0.15) is 10.1 Å². The largest absolute Gasteiger partial charge is 0.350 e. The van der Waals surface area contributed by atoms with Crippen molar-refractivity contribution in [2.24, 2.45) is 0 Å². The highest BCUT2D eigenvalue weighted by Gasteiger charge is 2.35. The first-order valence-corrected chi connectivity index (χ1v) is 11.6. The zero-order valence-electron chi connectivity index (χ0n) is 18.4. The maximum absolute atomic E-state index is 13.0. The fourth-order valence-electron chi connectivity index (χ4n) is 4.82. The van der Waals surface area contributed by atoms with Crippen LogP contribution in [0.25, 0.3) is 0 Å². The van der Waals surface area contributed by atoms with Gasteiger partial charge in [0.2, 0.25) is 11.9 Å². The van der Waals surface area contributed by atoms with Crippen LogP contribution in [0.15, 0.2) is 6.07 Å². The third-order valence-corrected chi connectivity index (χ3v) is 6.61. The van der Waals surface area contributed by atoms with Gasteiger partial charge in [0.25, 0.3) is 0 Å². The number of aromatic nitrogens is 4. The Balaban J connectivity index is 1.39. The summed E-state index contributed by atoms with van der Waals surface area (Å²) in [5, 5.41) is 17.4. The summed E-state index contributed by atoms with van der Waals surface area (Å²) in [6.07, 6.45) is 5.81. The van der Waals surface area contributed by atoms with Gasteiger partial charge in [-0.25, -0.2) is 4.98 Å². The van der Waals surface area contributed by atoms with Gasteiger partial charge in [0.1, 0.15) is 11.9 Å². The standard InChI is InChI=1S/C22H32N8O/c1-13(2)17-11-19(29-28-17)26-20-15-5-3-6-16(15)25-22(27-20)30-10-4-7-18(30)21(31)24-14-8-9-23-12-14/h11,13-14,18,23H,3-10,12H2,1-2H3,(H,24,31)(H2,25,26,27,28,29). The van der Waals surface area contributed by atoms with Gasteiger partial charge in [-0.3, -0.25) is 9.89 Å². The molecule has 9 heteroatoms. The van der Waals surface area contributed by atoms with Crippen LogP contribution in [0.2, 0.25) is 0 Å². The van der Waals surface area contributed by atoms with Crippen LogP contribution in [-0.4, -0.2) is 57.8 Å². The molecule has 2 unspecified atom stereocenters. The lowest BCUT2D eigenvalue weighted by Crippen LogP contribution is -2.48. The topological polar surface area (TPSA) is 111 Å². The molecular weight excluding hydrogens is 392 g/mol. The monoisotopic (exact) mass is 424 g/mol. The Kier molecular flexibility index (Phi) is 5.52. The molecule has 9 nitrogen and oxygen atoms in total. The first-order valence-electron chi connectivity index (χ1n) is 11.6. The lowest BCUT2D eigenvalue weighted by atomic mass is 10.1. The Morgan fingerprint density at radius 3 is 2.90 bits per heavy atom. The van der Waals surface area contributed by atoms with E-state index in [9.17, 15) is 4.79 Å². The highest BCUT2D eigenvalue weighted by Crippen LogP contribution is 2.32. The Morgan fingerprint density at radius 2 is 2.13 bits per heavy atom. The van der Waals surface area contributed by atoms with Crippen LogP contribution < -0.4 is 20.9 Å². The van der Waals surface area contributed by atoms with E-state index in [0.29, 0.717) is 11.9 Å². The summed E-state index contributed by atoms with van der Waals surface area (Å²) in [7, 11) is 0. The molecule has 0 saturated carbocycles. The van der Waals surface area contributed by atoms with Gasteiger partial charge >= 0.3 is 0 Å². The number of rotatable bonds is 6. The minimum atomic E-state index is -0.203. The van der Waals surface area contributed by atoms with Gasteiger partial charge in [0.15, 0.2) is 5.82 Å². The number of H-pyrrole nitrogens is 1. The lowest BCUT2D eigenvalue weighted by Gasteiger charge is -2.26. The van der Waals surface area contributed by atoms with E-state index in [4.69, 9.17) is 9.97 Å². The van der Waals surface area contributed by atoms with Crippen LogP contribution in [0.5, 0.6) is 0 Å². The van der Waals surface area contributed by atoms with E-state index in [0.717, 1.165) is 81.2 Å². The molecule has 2 saturated heterocycles. The predicted octanol–water partition coefficient (Wildman–Crippen LogP) is 2.00. The molecule has 4 N–H and O–H groups in total. The summed E-state index contributed by atoms with van der Waals surface area (Å²) < 4.78 is 0. The molecule has 2 aromatic heterocycles. The molecule has 4 heterocycles. The van der Waals surface area contributed by atoms with Crippen molar-refractivity contribution in [2.75, 3.05) is 29.9 Å². The second kappa shape index (κ2) is 8.45. The lowest BCUT2D eigenvalue weighted by molar-refractivity contribution is -0.122. The molecule has 3 aliphatic rings. The number of amides is 1. The molecule has 2 atom stereocenters. The number of aryl methyl sites for hydroxylation is 1. The normalized spacial score (nSPS) is 22.9. The van der Waals surface area contributed by atoms with E-state index in [1.807, 2.05) is 6.07 Å². The number of hydrogen-bond donors (Lipinski definition) is 4. The van der Waals surface area contributed by atoms with Crippen molar-refractivity contribution in [1.82, 2.24) is 30.8 Å². The first kappa shape index (κ1) is 20.2. The molecule has 1 aliphatic carbocycles. The average molecular weight is 425 g/mol. The molecule has 166 valence electrons. The quantitative estimate of drug-likeness (QED) is 0.561. The predicted molar refractivity (Wildman–Crippen MR) is 120 cm³/mol. The highest BCUT2D eigenvalue weighted by atomic mass is 16.2. The van der Waals surface area contributed by atoms with Crippen LogP contribution in [-0.2, 0) is 17.6 Å². The third kappa shape index (κ3) is 4.11. The summed E-state index contributed by atoms with van der Waals surface area (Å²) in [6.45, 7) is 6.90. The number of aromatic amines is 1. The zero-order valence-corrected chi connectivity index (χ0v) is 18.4. The maximum atomic E-state index is 13.0. The summed E-state index contributed by atoms with van der Waals surface area (Å²) >= 11 is 0. The molecule has 0 aromatic carbocycles. The number of anilines is 3. The van der Waals surface area contributed by atoms with Crippen molar-refractivity contribution in [3.8, 4) is 0 Å². The summed E-state index contributed by atoms with van der Waals surface area (Å²) in [5.74, 6) is 2.73. The van der Waals surface area contributed by atoms with Crippen LogP contribution in [0.3, 0.4) is 0 Å². The summed E-state index contributed by atoms with van der Waals surface area (Å²) in [4.78, 5) is 24.9. The Bertz CT molecular complexity index is 949. The van der Waals surface area contributed by atoms with Crippen molar-refractivity contribution >= 4 is 23.5 Å². The molecule has 5 rings (SSSR count). The van der Waals surface area contributed by atoms with Crippen molar-refractivity contribution in [1.29, 1.82) is 0 Å². The molecule has 1 amide bonds. The van der Waals surface area contributed by atoms with Gasteiger partial charge < -0.3 is 20.9 Å². The summed E-state index contributed by atoms with van der Waals surface area (Å²) in [5.41, 5.74) is 3.36. The number of fused-ring (bicyclic) bond motifs is 1. The SMILES string of the molecule is CC(C)c1cc(Nc2nc(N3CCCC3C(=O)NC3CCNC3)nc3c2CCC3)n[nH]1. The van der Waals surface area contributed by atoms with Crippen molar-refractivity contribution in [3.05, 3.63) is 23.0 Å². The van der Waals surface area contributed by atoms with E-state index < -0.39 is 0 Å². The Labute approximate surface area is 182 Å². The van der Waals surface area contributed by atoms with Gasteiger partial charge in [-0.05, 0) is 51.0 Å². The number of carbonyl (C=O) groups is 1. The fourth-order valence-corrected chi connectivity index (χ4v) is 4.82. The highest BCUT2D eigenvalue weighted by molar-refractivity contribution is 5.85. The molecule has 0 spiro atoms. The van der Waals surface area contributed by atoms with Gasteiger partial charge in [-0.1, -0.05) is 13.8 Å². The molecule has 31 heavy (non-hydrogen) atoms. The number of carbonyl (C=O) groups excluding carboxylic acids is 1. The van der Waals surface area contributed by atoms with Crippen LogP contribution in [0.1, 0.15) is 62.4 Å². The Morgan fingerprint density at radius 1 is 1.23 bits per heavy atom. The van der Waals surface area contributed by atoms with Crippen LogP contribution in [0, 0.1) is 0 Å². The number of hydrogen-bond acceptors (Lipinski definition) is 7. The second-order valence-electron chi connectivity index (χ2n) is 9.19. The van der Waals surface area contributed by atoms with Crippen molar-refractivity contribution < 1.29 is 4.79 Å². The van der Waals surface area contributed by atoms with Crippen LogP contribution in [0.4, 0.5) is 17.6 Å². The van der Waals surface area contributed by atoms with Gasteiger partial charge in [0, 0.05) is 36.5 Å². The molecule has 2 aromatic rings. The van der Waals surface area contributed by atoms with Crippen molar-refractivity contribution in [3.63, 3.8) is 0 Å². The molecule has 0 radical (unpaired) electrons. The van der Waals surface area contributed by atoms with E-state index in [1.54, 1.807) is 0 Å². The molecule has 2 aliphatic heterocycles. The minimum absolute atomic E-state index is 0.0960. The van der Waals surface area contributed by atoms with E-state index >= 15 is 0 Å². The number of nitrogens with zero attached hydrogens (tertiary/aromatic N) is 4. The van der Waals surface area contributed by atoms with E-state index in [-0.39, 0.29) is 18.0 Å². The zero-order chi connectivity index (χ0) is 21.4. The number of nitrogens with one attached hydrogen (secondary N) is 4. The smallest absolute Gasteiger partial charge is 0.243 e. The van der Waals surface area contributed by atoms with Gasteiger partial charge in [-0.15, -0.1) is 0 Å². The summed E-state index contributed by atoms with van der Waals surface area (Å²) in [6, 6.07) is 2.06. The minimum Gasteiger partial charge on any atom is -0.350 e. The van der Waals surface area contributed by atoms with E-state index in [1.165, 1.54) is 5.56 Å². The molecule has 0 bridgehead atoms. The Hall–Kier alpha value is -2.68. The first-order chi connectivity index (χ1) is 15.1. The average Bonchev–Trinajstić information content (AvgIpc) is 3.53. The molecule has 2 fully saturated rings. The van der Waals surface area contributed by atoms with Crippen LogP contribution >= 0.6 is 0 Å². The van der Waals surface area contributed by atoms with Gasteiger partial charge in [0.05, 0.1) is 5.69 Å². The fraction of sp³-hybridized carbons (Fsp3) is 0.636. The maximum Gasteiger partial charge on any atom is 0.243 e. The molecular formula is C22H32N8O.